The van der Waals surface area contributed by atoms with Gasteiger partial charge in [0, 0.05) is 17.2 Å². The van der Waals surface area contributed by atoms with Crippen LogP contribution in [0.2, 0.25) is 0 Å². The SMILES string of the molecule is CCC(C)C(C)(O)CNc1cncc(Br)c1. The minimum atomic E-state index is -0.697. The fraction of sp³-hybridized carbons (Fsp3) is 0.583. The Morgan fingerprint density at radius 1 is 1.56 bits per heavy atom. The fourth-order valence-electron chi connectivity index (χ4n) is 1.40. The van der Waals surface area contributed by atoms with Gasteiger partial charge in [-0.2, -0.15) is 0 Å². The first-order valence-corrected chi connectivity index (χ1v) is 6.32. The monoisotopic (exact) mass is 286 g/mol. The zero-order chi connectivity index (χ0) is 12.2. The summed E-state index contributed by atoms with van der Waals surface area (Å²) in [4.78, 5) is 4.06. The molecule has 0 spiro atoms. The lowest BCUT2D eigenvalue weighted by Gasteiger charge is -2.30. The maximum absolute atomic E-state index is 10.2. The van der Waals surface area contributed by atoms with Crippen LogP contribution in [-0.2, 0) is 0 Å². The minimum absolute atomic E-state index is 0.264. The van der Waals surface area contributed by atoms with E-state index in [-0.39, 0.29) is 5.92 Å². The Balaban J connectivity index is 2.57. The van der Waals surface area contributed by atoms with Crippen molar-refractivity contribution in [2.45, 2.75) is 32.8 Å². The summed E-state index contributed by atoms with van der Waals surface area (Å²) < 4.78 is 0.931. The Kier molecular flexibility index (Phi) is 4.74. The van der Waals surface area contributed by atoms with Crippen LogP contribution in [0.1, 0.15) is 27.2 Å². The van der Waals surface area contributed by atoms with Crippen molar-refractivity contribution in [1.82, 2.24) is 4.98 Å². The molecule has 1 aromatic heterocycles. The molecule has 4 heteroatoms. The summed E-state index contributed by atoms with van der Waals surface area (Å²) in [5, 5.41) is 13.4. The van der Waals surface area contributed by atoms with Crippen LogP contribution in [0.15, 0.2) is 22.9 Å². The number of aliphatic hydroxyl groups is 1. The predicted molar refractivity (Wildman–Crippen MR) is 70.5 cm³/mol. The van der Waals surface area contributed by atoms with Gasteiger partial charge in [-0.1, -0.05) is 20.3 Å². The molecule has 1 aromatic rings. The maximum atomic E-state index is 10.2. The third-order valence-corrected chi connectivity index (χ3v) is 3.46. The van der Waals surface area contributed by atoms with Crippen LogP contribution in [0, 0.1) is 5.92 Å². The van der Waals surface area contributed by atoms with Gasteiger partial charge in [0.05, 0.1) is 17.5 Å². The molecule has 16 heavy (non-hydrogen) atoms. The molecule has 0 saturated carbocycles. The first-order chi connectivity index (χ1) is 7.45. The number of anilines is 1. The maximum Gasteiger partial charge on any atom is 0.0816 e. The molecule has 0 aliphatic heterocycles. The van der Waals surface area contributed by atoms with Crippen molar-refractivity contribution in [3.63, 3.8) is 0 Å². The zero-order valence-corrected chi connectivity index (χ0v) is 11.6. The van der Waals surface area contributed by atoms with E-state index in [4.69, 9.17) is 0 Å². The van der Waals surface area contributed by atoms with Crippen LogP contribution in [0.5, 0.6) is 0 Å². The lowest BCUT2D eigenvalue weighted by Crippen LogP contribution is -2.39. The molecule has 90 valence electrons. The molecule has 1 heterocycles. The van der Waals surface area contributed by atoms with Crippen molar-refractivity contribution >= 4 is 21.6 Å². The van der Waals surface area contributed by atoms with Gasteiger partial charge in [0.25, 0.3) is 0 Å². The number of hydrogen-bond donors (Lipinski definition) is 2. The molecule has 0 aliphatic carbocycles. The molecule has 0 amide bonds. The van der Waals surface area contributed by atoms with Crippen molar-refractivity contribution in [3.8, 4) is 0 Å². The molecule has 2 N–H and O–H groups in total. The van der Waals surface area contributed by atoms with E-state index in [0.29, 0.717) is 6.54 Å². The van der Waals surface area contributed by atoms with Crippen LogP contribution in [0.25, 0.3) is 0 Å². The lowest BCUT2D eigenvalue weighted by atomic mass is 9.88. The van der Waals surface area contributed by atoms with E-state index in [1.165, 1.54) is 0 Å². The van der Waals surface area contributed by atoms with Gasteiger partial charge in [0.15, 0.2) is 0 Å². The Morgan fingerprint density at radius 3 is 2.81 bits per heavy atom. The molecule has 2 atom stereocenters. The molecule has 0 aromatic carbocycles. The summed E-state index contributed by atoms with van der Waals surface area (Å²) in [7, 11) is 0. The number of hydrogen-bond acceptors (Lipinski definition) is 3. The average Bonchev–Trinajstić information content (AvgIpc) is 2.25. The Bertz CT molecular complexity index is 342. The first-order valence-electron chi connectivity index (χ1n) is 5.52. The van der Waals surface area contributed by atoms with E-state index in [1.54, 1.807) is 12.4 Å². The lowest BCUT2D eigenvalue weighted by molar-refractivity contribution is 0.0176. The second kappa shape index (κ2) is 5.64. The van der Waals surface area contributed by atoms with E-state index in [0.717, 1.165) is 16.6 Å². The van der Waals surface area contributed by atoms with Crippen LogP contribution in [-0.4, -0.2) is 22.2 Å². The Morgan fingerprint density at radius 2 is 2.25 bits per heavy atom. The second-order valence-corrected chi connectivity index (χ2v) is 5.33. The molecular weight excluding hydrogens is 268 g/mol. The standard InChI is InChI=1S/C12H19BrN2O/c1-4-9(2)12(3,16)8-15-11-5-10(13)6-14-7-11/h5-7,9,15-16H,4,8H2,1-3H3. The largest absolute Gasteiger partial charge is 0.388 e. The molecular formula is C12H19BrN2O. The van der Waals surface area contributed by atoms with Crippen molar-refractivity contribution < 1.29 is 5.11 Å². The molecule has 0 fully saturated rings. The highest BCUT2D eigenvalue weighted by atomic mass is 79.9. The number of rotatable bonds is 5. The summed E-state index contributed by atoms with van der Waals surface area (Å²) in [5.41, 5.74) is 0.217. The van der Waals surface area contributed by atoms with Crippen molar-refractivity contribution in [2.75, 3.05) is 11.9 Å². The van der Waals surface area contributed by atoms with Gasteiger partial charge in [-0.15, -0.1) is 0 Å². The van der Waals surface area contributed by atoms with E-state index >= 15 is 0 Å². The van der Waals surface area contributed by atoms with Crippen molar-refractivity contribution in [2.24, 2.45) is 5.92 Å². The molecule has 3 nitrogen and oxygen atoms in total. The molecule has 2 unspecified atom stereocenters. The highest BCUT2D eigenvalue weighted by molar-refractivity contribution is 9.10. The second-order valence-electron chi connectivity index (χ2n) is 4.41. The van der Waals surface area contributed by atoms with Crippen molar-refractivity contribution in [3.05, 3.63) is 22.9 Å². The van der Waals surface area contributed by atoms with Crippen LogP contribution in [0.3, 0.4) is 0 Å². The molecule has 1 rings (SSSR count). The predicted octanol–water partition coefficient (Wildman–Crippen LogP) is 3.05. The van der Waals surface area contributed by atoms with Crippen LogP contribution < -0.4 is 5.32 Å². The summed E-state index contributed by atoms with van der Waals surface area (Å²) in [6.45, 7) is 6.53. The smallest absolute Gasteiger partial charge is 0.0816 e. The van der Waals surface area contributed by atoms with Gasteiger partial charge < -0.3 is 10.4 Å². The van der Waals surface area contributed by atoms with Crippen molar-refractivity contribution in [1.29, 1.82) is 0 Å². The summed E-state index contributed by atoms with van der Waals surface area (Å²) in [6.07, 6.45) is 4.45. The third kappa shape index (κ3) is 3.76. The molecule has 0 saturated heterocycles. The highest BCUT2D eigenvalue weighted by Gasteiger charge is 2.26. The normalized spacial score (nSPS) is 16.6. The van der Waals surface area contributed by atoms with E-state index in [9.17, 15) is 5.11 Å². The Hall–Kier alpha value is -0.610. The zero-order valence-electron chi connectivity index (χ0n) is 10.00. The number of nitrogens with one attached hydrogen (secondary N) is 1. The van der Waals surface area contributed by atoms with Crippen LogP contribution >= 0.6 is 15.9 Å². The Labute approximate surface area is 105 Å². The molecule has 0 bridgehead atoms. The van der Waals surface area contributed by atoms with Gasteiger partial charge in [-0.25, -0.2) is 0 Å². The molecule has 0 radical (unpaired) electrons. The van der Waals surface area contributed by atoms with Gasteiger partial charge in [0.2, 0.25) is 0 Å². The number of halogens is 1. The highest BCUT2D eigenvalue weighted by Crippen LogP contribution is 2.21. The third-order valence-electron chi connectivity index (χ3n) is 3.03. The number of nitrogens with zero attached hydrogens (tertiary/aromatic N) is 1. The van der Waals surface area contributed by atoms with Gasteiger partial charge in [0.1, 0.15) is 0 Å². The van der Waals surface area contributed by atoms with Gasteiger partial charge in [-0.05, 0) is 34.8 Å². The van der Waals surface area contributed by atoms with Crippen LogP contribution in [0.4, 0.5) is 5.69 Å². The fourth-order valence-corrected chi connectivity index (χ4v) is 1.77. The quantitative estimate of drug-likeness (QED) is 0.875. The van der Waals surface area contributed by atoms with E-state index in [2.05, 4.69) is 40.1 Å². The summed E-state index contributed by atoms with van der Waals surface area (Å²) in [5.74, 6) is 0.264. The number of aromatic nitrogens is 1. The molecule has 0 aliphatic rings. The minimum Gasteiger partial charge on any atom is -0.388 e. The summed E-state index contributed by atoms with van der Waals surface area (Å²) in [6, 6.07) is 1.94. The van der Waals surface area contributed by atoms with Gasteiger partial charge >= 0.3 is 0 Å². The summed E-state index contributed by atoms with van der Waals surface area (Å²) >= 11 is 3.36. The van der Waals surface area contributed by atoms with Gasteiger partial charge in [-0.3, -0.25) is 4.98 Å². The average molecular weight is 287 g/mol. The number of pyridine rings is 1. The topological polar surface area (TPSA) is 45.1 Å². The van der Waals surface area contributed by atoms with E-state index < -0.39 is 5.60 Å². The first kappa shape index (κ1) is 13.5. The van der Waals surface area contributed by atoms with E-state index in [1.807, 2.05) is 13.0 Å².